The lowest BCUT2D eigenvalue weighted by atomic mass is 10.1. The fourth-order valence-electron chi connectivity index (χ4n) is 1.56. The monoisotopic (exact) mass is 257 g/mol. The molecule has 1 rings (SSSR count). The Labute approximate surface area is 103 Å². The molecule has 0 amide bonds. The molecule has 0 radical (unpaired) electrons. The topological polar surface area (TPSA) is 71.1 Å². The van der Waals surface area contributed by atoms with E-state index in [0.717, 1.165) is 11.8 Å². The third-order valence-electron chi connectivity index (χ3n) is 2.08. The van der Waals surface area contributed by atoms with Crippen LogP contribution in [0, 0.1) is 0 Å². The van der Waals surface area contributed by atoms with Gasteiger partial charge in [0, 0.05) is 31.0 Å². The lowest BCUT2D eigenvalue weighted by Gasteiger charge is -2.25. The summed E-state index contributed by atoms with van der Waals surface area (Å²) in [6.07, 6.45) is 4.67. The fraction of sp³-hybridized carbons (Fsp3) is 0.545. The average molecular weight is 257 g/mol. The SMILES string of the molecule is CC(C)(CNCc1cccnc1)NS(C)(=O)=O. The molecule has 17 heavy (non-hydrogen) atoms. The van der Waals surface area contributed by atoms with E-state index in [1.54, 1.807) is 12.4 Å². The fourth-order valence-corrected chi connectivity index (χ4v) is 2.64. The van der Waals surface area contributed by atoms with E-state index in [2.05, 4.69) is 15.0 Å². The summed E-state index contributed by atoms with van der Waals surface area (Å²) in [7, 11) is -3.18. The maximum absolute atomic E-state index is 11.1. The number of nitrogens with zero attached hydrogens (tertiary/aromatic N) is 1. The molecule has 0 aliphatic rings. The zero-order valence-corrected chi connectivity index (χ0v) is 11.2. The molecule has 0 atom stereocenters. The first-order valence-corrected chi connectivity index (χ1v) is 7.26. The Hall–Kier alpha value is -0.980. The zero-order chi connectivity index (χ0) is 12.9. The molecule has 96 valence electrons. The van der Waals surface area contributed by atoms with Crippen LogP contribution in [0.15, 0.2) is 24.5 Å². The summed E-state index contributed by atoms with van der Waals surface area (Å²) in [4.78, 5) is 4.01. The Morgan fingerprint density at radius 2 is 2.12 bits per heavy atom. The van der Waals surface area contributed by atoms with Crippen LogP contribution in [-0.4, -0.2) is 31.7 Å². The smallest absolute Gasteiger partial charge is 0.209 e. The van der Waals surface area contributed by atoms with Crippen molar-refractivity contribution in [2.75, 3.05) is 12.8 Å². The predicted octanol–water partition coefficient (Wildman–Crippen LogP) is 0.499. The number of aromatic nitrogens is 1. The van der Waals surface area contributed by atoms with E-state index in [4.69, 9.17) is 0 Å². The third-order valence-corrected chi connectivity index (χ3v) is 3.00. The van der Waals surface area contributed by atoms with Gasteiger partial charge in [-0.05, 0) is 25.5 Å². The second-order valence-corrected chi connectivity index (χ2v) is 6.47. The minimum absolute atomic E-state index is 0.504. The Balaban J connectivity index is 2.40. The van der Waals surface area contributed by atoms with Crippen molar-refractivity contribution >= 4 is 10.0 Å². The molecule has 1 heterocycles. The molecule has 0 aromatic carbocycles. The molecule has 5 nitrogen and oxygen atoms in total. The molecule has 0 bridgehead atoms. The van der Waals surface area contributed by atoms with Crippen LogP contribution in [0.2, 0.25) is 0 Å². The van der Waals surface area contributed by atoms with Crippen LogP contribution in [0.25, 0.3) is 0 Å². The number of sulfonamides is 1. The van der Waals surface area contributed by atoms with Gasteiger partial charge in [0.2, 0.25) is 10.0 Å². The normalized spacial score (nSPS) is 12.6. The van der Waals surface area contributed by atoms with E-state index in [0.29, 0.717) is 13.1 Å². The number of hydrogen-bond donors (Lipinski definition) is 2. The first-order valence-electron chi connectivity index (χ1n) is 5.37. The third kappa shape index (κ3) is 6.35. The van der Waals surface area contributed by atoms with Gasteiger partial charge in [0.1, 0.15) is 0 Å². The summed E-state index contributed by atoms with van der Waals surface area (Å²) in [5.74, 6) is 0. The summed E-state index contributed by atoms with van der Waals surface area (Å²) < 4.78 is 24.8. The van der Waals surface area contributed by atoms with Gasteiger partial charge in [-0.2, -0.15) is 0 Å². The minimum Gasteiger partial charge on any atom is -0.311 e. The van der Waals surface area contributed by atoms with Gasteiger partial charge in [-0.1, -0.05) is 6.07 Å². The van der Waals surface area contributed by atoms with Crippen LogP contribution in [0.4, 0.5) is 0 Å². The lowest BCUT2D eigenvalue weighted by Crippen LogP contribution is -2.49. The Morgan fingerprint density at radius 1 is 1.41 bits per heavy atom. The maximum atomic E-state index is 11.1. The highest BCUT2D eigenvalue weighted by atomic mass is 32.2. The van der Waals surface area contributed by atoms with Crippen molar-refractivity contribution in [1.29, 1.82) is 0 Å². The number of hydrogen-bond acceptors (Lipinski definition) is 4. The molecule has 0 aliphatic carbocycles. The van der Waals surface area contributed by atoms with Gasteiger partial charge in [-0.15, -0.1) is 0 Å². The van der Waals surface area contributed by atoms with E-state index in [1.165, 1.54) is 0 Å². The van der Waals surface area contributed by atoms with Crippen LogP contribution in [0.3, 0.4) is 0 Å². The van der Waals surface area contributed by atoms with E-state index >= 15 is 0 Å². The zero-order valence-electron chi connectivity index (χ0n) is 10.4. The highest BCUT2D eigenvalue weighted by Crippen LogP contribution is 2.03. The first kappa shape index (κ1) is 14.1. The Kier molecular flexibility index (Phi) is 4.62. The number of nitrogens with one attached hydrogen (secondary N) is 2. The molecule has 0 spiro atoms. The van der Waals surface area contributed by atoms with Crippen molar-refractivity contribution in [3.8, 4) is 0 Å². The highest BCUT2D eigenvalue weighted by Gasteiger charge is 2.21. The summed E-state index contributed by atoms with van der Waals surface area (Å²) >= 11 is 0. The molecule has 0 saturated carbocycles. The molecule has 0 aliphatic heterocycles. The van der Waals surface area contributed by atoms with E-state index in [9.17, 15) is 8.42 Å². The standard InChI is InChI=1S/C11H19N3O2S/c1-11(2,14-17(3,15)16)9-13-8-10-5-4-6-12-7-10/h4-7,13-14H,8-9H2,1-3H3. The van der Waals surface area contributed by atoms with Gasteiger partial charge in [0.15, 0.2) is 0 Å². The summed E-state index contributed by atoms with van der Waals surface area (Å²) in [6.45, 7) is 4.90. The molecular formula is C11H19N3O2S. The summed E-state index contributed by atoms with van der Waals surface area (Å²) in [5.41, 5.74) is 0.568. The number of pyridine rings is 1. The molecule has 0 unspecified atom stereocenters. The number of rotatable bonds is 6. The molecule has 0 fully saturated rings. The molecule has 1 aromatic heterocycles. The van der Waals surface area contributed by atoms with Crippen LogP contribution in [0.1, 0.15) is 19.4 Å². The van der Waals surface area contributed by atoms with Crippen LogP contribution >= 0.6 is 0 Å². The maximum Gasteiger partial charge on any atom is 0.209 e. The van der Waals surface area contributed by atoms with Crippen LogP contribution in [-0.2, 0) is 16.6 Å². The van der Waals surface area contributed by atoms with Crippen molar-refractivity contribution in [2.24, 2.45) is 0 Å². The molecular weight excluding hydrogens is 238 g/mol. The second kappa shape index (κ2) is 5.57. The van der Waals surface area contributed by atoms with Gasteiger partial charge >= 0.3 is 0 Å². The van der Waals surface area contributed by atoms with Crippen molar-refractivity contribution < 1.29 is 8.42 Å². The van der Waals surface area contributed by atoms with E-state index in [-0.39, 0.29) is 0 Å². The van der Waals surface area contributed by atoms with E-state index in [1.807, 2.05) is 26.0 Å². The van der Waals surface area contributed by atoms with Crippen LogP contribution in [0.5, 0.6) is 0 Å². The largest absolute Gasteiger partial charge is 0.311 e. The molecule has 1 aromatic rings. The molecule has 0 saturated heterocycles. The van der Waals surface area contributed by atoms with Gasteiger partial charge < -0.3 is 5.32 Å². The molecule has 2 N–H and O–H groups in total. The van der Waals surface area contributed by atoms with Gasteiger partial charge in [-0.3, -0.25) is 4.98 Å². The van der Waals surface area contributed by atoms with Crippen molar-refractivity contribution in [1.82, 2.24) is 15.0 Å². The predicted molar refractivity (Wildman–Crippen MR) is 68.0 cm³/mol. The van der Waals surface area contributed by atoms with E-state index < -0.39 is 15.6 Å². The van der Waals surface area contributed by atoms with Crippen molar-refractivity contribution in [3.63, 3.8) is 0 Å². The average Bonchev–Trinajstić information content (AvgIpc) is 2.15. The van der Waals surface area contributed by atoms with Gasteiger partial charge in [-0.25, -0.2) is 13.1 Å². The molecule has 6 heteroatoms. The van der Waals surface area contributed by atoms with Gasteiger partial charge in [0.25, 0.3) is 0 Å². The Morgan fingerprint density at radius 3 is 2.65 bits per heavy atom. The van der Waals surface area contributed by atoms with Crippen molar-refractivity contribution in [2.45, 2.75) is 25.9 Å². The lowest BCUT2D eigenvalue weighted by molar-refractivity contribution is 0.421. The Bertz CT molecular complexity index is 443. The highest BCUT2D eigenvalue weighted by molar-refractivity contribution is 7.88. The van der Waals surface area contributed by atoms with Crippen LogP contribution < -0.4 is 10.0 Å². The quantitative estimate of drug-likeness (QED) is 0.778. The summed E-state index contributed by atoms with van der Waals surface area (Å²) in [5, 5.41) is 3.20. The first-order chi connectivity index (χ1) is 7.79. The van der Waals surface area contributed by atoms with Crippen molar-refractivity contribution in [3.05, 3.63) is 30.1 Å². The summed E-state index contributed by atoms with van der Waals surface area (Å²) in [6, 6.07) is 3.84. The second-order valence-electron chi connectivity index (χ2n) is 4.72. The van der Waals surface area contributed by atoms with Gasteiger partial charge in [0.05, 0.1) is 6.26 Å². The minimum atomic E-state index is -3.18.